The highest BCUT2D eigenvalue weighted by Gasteiger charge is 2.29. The second-order valence-electron chi connectivity index (χ2n) is 5.27. The number of nitrogens with two attached hydrogens (primary N) is 1. The van der Waals surface area contributed by atoms with Crippen LogP contribution in [-0.2, 0) is 0 Å². The van der Waals surface area contributed by atoms with E-state index in [1.165, 1.54) is 0 Å². The van der Waals surface area contributed by atoms with Gasteiger partial charge in [-0.1, -0.05) is 0 Å². The largest absolute Gasteiger partial charge is 0.349 e. The number of anilines is 1. The first-order valence-corrected chi connectivity index (χ1v) is 5.98. The topological polar surface area (TPSA) is 64.2 Å². The molecule has 0 spiro atoms. The lowest BCUT2D eigenvalue weighted by molar-refractivity contribution is 0.490. The zero-order valence-electron chi connectivity index (χ0n) is 10.7. The summed E-state index contributed by atoms with van der Waals surface area (Å²) in [5, 5.41) is 0. The van der Waals surface area contributed by atoms with Crippen molar-refractivity contribution >= 4 is 5.82 Å². The Morgan fingerprint density at radius 1 is 1.59 bits per heavy atom. The molecule has 1 saturated carbocycles. The zero-order chi connectivity index (χ0) is 12.6. The lowest BCUT2D eigenvalue weighted by Crippen LogP contribution is -2.50. The highest BCUT2D eigenvalue weighted by Crippen LogP contribution is 2.33. The van der Waals surface area contributed by atoms with E-state index in [9.17, 15) is 4.79 Å². The predicted octanol–water partition coefficient (Wildman–Crippen LogP) is 0.752. The maximum absolute atomic E-state index is 12.3. The van der Waals surface area contributed by atoms with Gasteiger partial charge in [-0.2, -0.15) is 0 Å². The summed E-state index contributed by atoms with van der Waals surface area (Å²) in [7, 11) is 1.87. The van der Waals surface area contributed by atoms with E-state index in [4.69, 9.17) is 5.73 Å². The van der Waals surface area contributed by atoms with Gasteiger partial charge in [0.1, 0.15) is 0 Å². The second kappa shape index (κ2) is 4.14. The van der Waals surface area contributed by atoms with E-state index in [0.717, 1.165) is 12.8 Å². The van der Waals surface area contributed by atoms with Gasteiger partial charge in [0.15, 0.2) is 5.82 Å². The fourth-order valence-corrected chi connectivity index (χ4v) is 1.71. The first-order valence-electron chi connectivity index (χ1n) is 5.98. The van der Waals surface area contributed by atoms with Gasteiger partial charge in [0.05, 0.1) is 0 Å². The van der Waals surface area contributed by atoms with Gasteiger partial charge in [0.2, 0.25) is 0 Å². The van der Waals surface area contributed by atoms with Crippen molar-refractivity contribution in [3.05, 3.63) is 22.7 Å². The molecule has 0 aliphatic heterocycles. The Labute approximate surface area is 101 Å². The molecule has 0 bridgehead atoms. The number of nitrogens with zero attached hydrogens (tertiary/aromatic N) is 3. The molecule has 2 N–H and O–H groups in total. The van der Waals surface area contributed by atoms with Crippen molar-refractivity contribution in [2.24, 2.45) is 5.73 Å². The van der Waals surface area contributed by atoms with Crippen molar-refractivity contribution in [3.8, 4) is 0 Å². The van der Waals surface area contributed by atoms with Gasteiger partial charge in [-0.3, -0.25) is 4.79 Å². The Hall–Kier alpha value is -1.36. The van der Waals surface area contributed by atoms with Crippen molar-refractivity contribution < 1.29 is 0 Å². The molecule has 1 aliphatic carbocycles. The van der Waals surface area contributed by atoms with Gasteiger partial charge in [-0.05, 0) is 26.7 Å². The summed E-state index contributed by atoms with van der Waals surface area (Å²) in [4.78, 5) is 18.3. The van der Waals surface area contributed by atoms with Gasteiger partial charge in [-0.15, -0.1) is 0 Å². The molecule has 17 heavy (non-hydrogen) atoms. The number of rotatable bonds is 4. The van der Waals surface area contributed by atoms with Crippen LogP contribution in [-0.4, -0.2) is 28.7 Å². The summed E-state index contributed by atoms with van der Waals surface area (Å²) < 4.78 is 1.78. The molecular formula is C12H20N4O. The van der Waals surface area contributed by atoms with Crippen LogP contribution in [0.1, 0.15) is 32.7 Å². The summed E-state index contributed by atoms with van der Waals surface area (Å²) in [5.41, 5.74) is 5.44. The molecule has 1 aliphatic rings. The first kappa shape index (κ1) is 12.1. The second-order valence-corrected chi connectivity index (χ2v) is 5.27. The zero-order valence-corrected chi connectivity index (χ0v) is 10.7. The van der Waals surface area contributed by atoms with Crippen LogP contribution < -0.4 is 16.2 Å². The Kier molecular flexibility index (Phi) is 2.95. The molecule has 0 amide bonds. The third-order valence-electron chi connectivity index (χ3n) is 3.52. The molecule has 2 rings (SSSR count). The molecule has 0 atom stereocenters. The van der Waals surface area contributed by atoms with E-state index >= 15 is 0 Å². The summed E-state index contributed by atoms with van der Waals surface area (Å²) in [5.74, 6) is 0.481. The fourth-order valence-electron chi connectivity index (χ4n) is 1.71. The summed E-state index contributed by atoms with van der Waals surface area (Å²) >= 11 is 0. The number of hydrogen-bond acceptors (Lipinski definition) is 4. The minimum atomic E-state index is -0.269. The average Bonchev–Trinajstić information content (AvgIpc) is 3.12. The van der Waals surface area contributed by atoms with Gasteiger partial charge in [0, 0.05) is 37.6 Å². The highest BCUT2D eigenvalue weighted by atomic mass is 16.1. The number of hydrogen-bond donors (Lipinski definition) is 1. The predicted molar refractivity (Wildman–Crippen MR) is 68.3 cm³/mol. The van der Waals surface area contributed by atoms with Crippen LogP contribution in [0.4, 0.5) is 5.82 Å². The third kappa shape index (κ3) is 2.20. The monoisotopic (exact) mass is 236 g/mol. The fraction of sp³-hybridized carbons (Fsp3) is 0.667. The normalized spacial score (nSPS) is 16.0. The molecule has 5 heteroatoms. The van der Waals surface area contributed by atoms with Crippen molar-refractivity contribution in [1.29, 1.82) is 0 Å². The van der Waals surface area contributed by atoms with Crippen LogP contribution in [0.3, 0.4) is 0 Å². The van der Waals surface area contributed by atoms with Crippen LogP contribution in [0.15, 0.2) is 17.2 Å². The van der Waals surface area contributed by atoms with Crippen LogP contribution >= 0.6 is 0 Å². The maximum Gasteiger partial charge on any atom is 0.293 e. The van der Waals surface area contributed by atoms with E-state index in [-0.39, 0.29) is 11.1 Å². The van der Waals surface area contributed by atoms with E-state index in [1.54, 1.807) is 17.0 Å². The van der Waals surface area contributed by atoms with Gasteiger partial charge < -0.3 is 15.2 Å². The molecular weight excluding hydrogens is 216 g/mol. The van der Waals surface area contributed by atoms with Crippen LogP contribution in [0.2, 0.25) is 0 Å². The van der Waals surface area contributed by atoms with Crippen molar-refractivity contribution in [3.63, 3.8) is 0 Å². The van der Waals surface area contributed by atoms with Gasteiger partial charge in [0.25, 0.3) is 5.56 Å². The minimum Gasteiger partial charge on any atom is -0.349 e. The SMILES string of the molecule is CN(c1nccn(C2CC2)c1=O)C(C)(C)CN. The van der Waals surface area contributed by atoms with Crippen molar-refractivity contribution in [2.45, 2.75) is 38.3 Å². The van der Waals surface area contributed by atoms with E-state index in [2.05, 4.69) is 4.98 Å². The third-order valence-corrected chi connectivity index (χ3v) is 3.52. The lowest BCUT2D eigenvalue weighted by Gasteiger charge is -2.35. The Bertz CT molecular complexity index is 462. The molecule has 1 aromatic heterocycles. The van der Waals surface area contributed by atoms with E-state index in [0.29, 0.717) is 18.4 Å². The molecule has 0 saturated heterocycles. The van der Waals surface area contributed by atoms with Gasteiger partial charge in [-0.25, -0.2) is 4.98 Å². The van der Waals surface area contributed by atoms with Crippen LogP contribution in [0.25, 0.3) is 0 Å². The quantitative estimate of drug-likeness (QED) is 0.838. The summed E-state index contributed by atoms with van der Waals surface area (Å²) in [6.45, 7) is 4.48. The number of likely N-dealkylation sites (N-methyl/N-ethyl adjacent to an activating group) is 1. The lowest BCUT2D eigenvalue weighted by atomic mass is 10.0. The van der Waals surface area contributed by atoms with Crippen LogP contribution in [0, 0.1) is 0 Å². The molecule has 0 unspecified atom stereocenters. The van der Waals surface area contributed by atoms with Crippen LogP contribution in [0.5, 0.6) is 0 Å². The molecule has 1 aromatic rings. The maximum atomic E-state index is 12.3. The van der Waals surface area contributed by atoms with Crippen molar-refractivity contribution in [2.75, 3.05) is 18.5 Å². The minimum absolute atomic E-state index is 0.0148. The number of aromatic nitrogens is 2. The standard InChI is InChI=1S/C12H20N4O/c1-12(2,8-13)15(3)10-11(17)16(7-6-14-10)9-4-5-9/h6-7,9H,4-5,8,13H2,1-3H3. The summed E-state index contributed by atoms with van der Waals surface area (Å²) in [6, 6.07) is 0.374. The molecule has 1 heterocycles. The molecule has 0 radical (unpaired) electrons. The Morgan fingerprint density at radius 3 is 2.76 bits per heavy atom. The van der Waals surface area contributed by atoms with Gasteiger partial charge >= 0.3 is 0 Å². The molecule has 94 valence electrons. The molecule has 1 fully saturated rings. The highest BCUT2D eigenvalue weighted by molar-refractivity contribution is 5.38. The molecule has 0 aromatic carbocycles. The van der Waals surface area contributed by atoms with Crippen molar-refractivity contribution in [1.82, 2.24) is 9.55 Å². The Balaban J connectivity index is 2.39. The molecule has 5 nitrogen and oxygen atoms in total. The average molecular weight is 236 g/mol. The first-order chi connectivity index (χ1) is 7.97. The van der Waals surface area contributed by atoms with E-state index in [1.807, 2.05) is 25.8 Å². The van der Waals surface area contributed by atoms with E-state index < -0.39 is 0 Å². The smallest absolute Gasteiger partial charge is 0.293 e. The Morgan fingerprint density at radius 2 is 2.24 bits per heavy atom. The summed E-state index contributed by atoms with van der Waals surface area (Å²) in [6.07, 6.45) is 5.64.